The molecule has 0 radical (unpaired) electrons. The Labute approximate surface area is 99.3 Å². The highest BCUT2D eigenvalue weighted by Crippen LogP contribution is 2.37. The summed E-state index contributed by atoms with van der Waals surface area (Å²) in [6, 6.07) is 1.76. The summed E-state index contributed by atoms with van der Waals surface area (Å²) in [6.45, 7) is 1.25. The number of carboxylic acid groups (broad SMARTS) is 1. The summed E-state index contributed by atoms with van der Waals surface area (Å²) in [7, 11) is 1.58. The maximum atomic E-state index is 11.6. The van der Waals surface area contributed by atoms with E-state index in [0.717, 1.165) is 5.56 Å². The molecular formula is C12H16O5. The molecule has 0 saturated carbocycles. The third kappa shape index (κ3) is 2.08. The smallest absolute Gasteiger partial charge is 0.317 e. The van der Waals surface area contributed by atoms with Crippen molar-refractivity contribution in [3.63, 3.8) is 0 Å². The first-order valence-electron chi connectivity index (χ1n) is 5.57. The molecule has 0 bridgehead atoms. The van der Waals surface area contributed by atoms with Crippen LogP contribution in [0.4, 0.5) is 0 Å². The number of hydrogen-bond donors (Lipinski definition) is 1. The number of carboxylic acids is 1. The van der Waals surface area contributed by atoms with Gasteiger partial charge in [0.05, 0.1) is 12.9 Å². The van der Waals surface area contributed by atoms with Gasteiger partial charge in [0, 0.05) is 25.9 Å². The number of aliphatic carboxylic acids is 1. The number of carbonyl (C=O) groups is 1. The molecule has 0 aliphatic carbocycles. The van der Waals surface area contributed by atoms with Gasteiger partial charge in [-0.2, -0.15) is 0 Å². The number of rotatable bonds is 4. The van der Waals surface area contributed by atoms with E-state index in [1.807, 2.05) is 0 Å². The highest BCUT2D eigenvalue weighted by molar-refractivity contribution is 5.81. The van der Waals surface area contributed by atoms with Crippen molar-refractivity contribution >= 4 is 5.97 Å². The van der Waals surface area contributed by atoms with E-state index in [1.54, 1.807) is 13.2 Å². The summed E-state index contributed by atoms with van der Waals surface area (Å²) in [4.78, 5) is 11.6. The van der Waals surface area contributed by atoms with E-state index in [0.29, 0.717) is 38.4 Å². The maximum absolute atomic E-state index is 11.6. The van der Waals surface area contributed by atoms with E-state index in [9.17, 15) is 9.90 Å². The molecule has 1 saturated heterocycles. The molecule has 1 fully saturated rings. The van der Waals surface area contributed by atoms with Crippen LogP contribution < -0.4 is 0 Å². The average molecular weight is 240 g/mol. The van der Waals surface area contributed by atoms with Gasteiger partial charge in [-0.15, -0.1) is 0 Å². The quantitative estimate of drug-likeness (QED) is 0.864. The van der Waals surface area contributed by atoms with Crippen LogP contribution in [0.15, 0.2) is 16.7 Å². The van der Waals surface area contributed by atoms with Crippen LogP contribution in [0.2, 0.25) is 0 Å². The predicted octanol–water partition coefficient (Wildman–Crippen LogP) is 1.56. The molecule has 17 heavy (non-hydrogen) atoms. The van der Waals surface area contributed by atoms with Gasteiger partial charge in [0.15, 0.2) is 0 Å². The van der Waals surface area contributed by atoms with E-state index in [-0.39, 0.29) is 0 Å². The lowest BCUT2D eigenvalue weighted by Crippen LogP contribution is -2.41. The second kappa shape index (κ2) is 4.89. The van der Waals surface area contributed by atoms with Gasteiger partial charge in [-0.05, 0) is 18.9 Å². The number of methoxy groups -OCH3 is 1. The monoisotopic (exact) mass is 240 g/mol. The fraction of sp³-hybridized carbons (Fsp3) is 0.583. The Morgan fingerprint density at radius 1 is 1.53 bits per heavy atom. The first kappa shape index (κ1) is 12.1. The zero-order chi connectivity index (χ0) is 12.3. The molecule has 1 aromatic rings. The molecule has 1 N–H and O–H groups in total. The van der Waals surface area contributed by atoms with E-state index in [2.05, 4.69) is 0 Å². The molecule has 2 rings (SSSR count). The van der Waals surface area contributed by atoms with Crippen LogP contribution in [-0.4, -0.2) is 31.4 Å². The van der Waals surface area contributed by atoms with Gasteiger partial charge in [0.1, 0.15) is 11.2 Å². The molecule has 0 aromatic carbocycles. The lowest BCUT2D eigenvalue weighted by molar-refractivity contribution is -0.148. The van der Waals surface area contributed by atoms with Crippen molar-refractivity contribution in [1.29, 1.82) is 0 Å². The molecule has 0 unspecified atom stereocenters. The van der Waals surface area contributed by atoms with Gasteiger partial charge in [0.2, 0.25) is 0 Å². The number of furan rings is 1. The summed E-state index contributed by atoms with van der Waals surface area (Å²) in [5.74, 6) is -0.344. The average Bonchev–Trinajstić information content (AvgIpc) is 2.79. The Morgan fingerprint density at radius 3 is 2.82 bits per heavy atom. The largest absolute Gasteiger partial charge is 0.480 e. The second-order valence-corrected chi connectivity index (χ2v) is 4.21. The first-order chi connectivity index (χ1) is 8.20. The standard InChI is InChI=1S/C12H16O5/c1-15-8-9-2-5-17-10(9)12(11(13)14)3-6-16-7-4-12/h2,5H,3-4,6-8H2,1H3,(H,13,14). The van der Waals surface area contributed by atoms with E-state index >= 15 is 0 Å². The van der Waals surface area contributed by atoms with Gasteiger partial charge in [-0.3, -0.25) is 4.79 Å². The number of ether oxygens (including phenoxy) is 2. The van der Waals surface area contributed by atoms with E-state index < -0.39 is 11.4 Å². The van der Waals surface area contributed by atoms with Crippen molar-refractivity contribution in [2.45, 2.75) is 24.9 Å². The Balaban J connectivity index is 2.38. The van der Waals surface area contributed by atoms with Crippen LogP contribution in [0.1, 0.15) is 24.2 Å². The van der Waals surface area contributed by atoms with Gasteiger partial charge >= 0.3 is 5.97 Å². The summed E-state index contributed by atoms with van der Waals surface area (Å²) in [5.41, 5.74) is -0.160. The minimum Gasteiger partial charge on any atom is -0.480 e. The molecule has 1 aliphatic rings. The van der Waals surface area contributed by atoms with Crippen molar-refractivity contribution in [2.24, 2.45) is 0 Å². The molecule has 0 spiro atoms. The Bertz CT molecular complexity index is 389. The maximum Gasteiger partial charge on any atom is 0.317 e. The molecule has 0 amide bonds. The molecule has 94 valence electrons. The Kier molecular flexibility index (Phi) is 3.49. The summed E-state index contributed by atoms with van der Waals surface area (Å²) in [6.07, 6.45) is 2.39. The zero-order valence-corrected chi connectivity index (χ0v) is 9.77. The fourth-order valence-corrected chi connectivity index (χ4v) is 2.28. The van der Waals surface area contributed by atoms with Crippen molar-refractivity contribution in [3.8, 4) is 0 Å². The molecule has 2 heterocycles. The SMILES string of the molecule is COCc1ccoc1C1(C(=O)O)CCOCC1. The van der Waals surface area contributed by atoms with Crippen molar-refractivity contribution < 1.29 is 23.8 Å². The Hall–Kier alpha value is -1.33. The summed E-state index contributed by atoms with van der Waals surface area (Å²) in [5, 5.41) is 9.50. The van der Waals surface area contributed by atoms with Gasteiger partial charge < -0.3 is 19.0 Å². The molecule has 5 nitrogen and oxygen atoms in total. The van der Waals surface area contributed by atoms with Crippen LogP contribution in [0.25, 0.3) is 0 Å². The highest BCUT2D eigenvalue weighted by Gasteiger charge is 2.45. The lowest BCUT2D eigenvalue weighted by Gasteiger charge is -2.32. The minimum atomic E-state index is -0.963. The third-order valence-corrected chi connectivity index (χ3v) is 3.24. The van der Waals surface area contributed by atoms with Crippen LogP contribution in [-0.2, 0) is 26.3 Å². The van der Waals surface area contributed by atoms with Gasteiger partial charge in [0.25, 0.3) is 0 Å². The van der Waals surface area contributed by atoms with E-state index in [4.69, 9.17) is 13.9 Å². The number of hydrogen-bond acceptors (Lipinski definition) is 4. The van der Waals surface area contributed by atoms with Crippen LogP contribution >= 0.6 is 0 Å². The molecule has 1 aromatic heterocycles. The van der Waals surface area contributed by atoms with Crippen LogP contribution in [0.5, 0.6) is 0 Å². The van der Waals surface area contributed by atoms with Gasteiger partial charge in [-0.25, -0.2) is 0 Å². The normalized spacial score (nSPS) is 19.1. The summed E-state index contributed by atoms with van der Waals surface area (Å²) < 4.78 is 15.7. The van der Waals surface area contributed by atoms with Gasteiger partial charge in [-0.1, -0.05) is 0 Å². The zero-order valence-electron chi connectivity index (χ0n) is 9.77. The lowest BCUT2D eigenvalue weighted by atomic mass is 9.76. The fourth-order valence-electron chi connectivity index (χ4n) is 2.28. The van der Waals surface area contributed by atoms with Crippen LogP contribution in [0, 0.1) is 0 Å². The molecule has 1 aliphatic heterocycles. The molecular weight excluding hydrogens is 224 g/mol. The molecule has 0 atom stereocenters. The Morgan fingerprint density at radius 2 is 2.24 bits per heavy atom. The molecule has 5 heteroatoms. The topological polar surface area (TPSA) is 68.9 Å². The minimum absolute atomic E-state index is 0.363. The van der Waals surface area contributed by atoms with Crippen molar-refractivity contribution in [3.05, 3.63) is 23.7 Å². The van der Waals surface area contributed by atoms with Crippen molar-refractivity contribution in [1.82, 2.24) is 0 Å². The predicted molar refractivity (Wildman–Crippen MR) is 58.8 cm³/mol. The second-order valence-electron chi connectivity index (χ2n) is 4.21. The van der Waals surface area contributed by atoms with Crippen molar-refractivity contribution in [2.75, 3.05) is 20.3 Å². The van der Waals surface area contributed by atoms with E-state index in [1.165, 1.54) is 6.26 Å². The summed E-state index contributed by atoms with van der Waals surface area (Å²) >= 11 is 0. The highest BCUT2D eigenvalue weighted by atomic mass is 16.5. The first-order valence-corrected chi connectivity index (χ1v) is 5.57. The third-order valence-electron chi connectivity index (χ3n) is 3.24. The van der Waals surface area contributed by atoms with Crippen LogP contribution in [0.3, 0.4) is 0 Å².